The minimum absolute atomic E-state index is 0.0615. The summed E-state index contributed by atoms with van der Waals surface area (Å²) in [6.45, 7) is 5.17. The molecule has 0 spiro atoms. The Morgan fingerprint density at radius 2 is 2.11 bits per heavy atom. The summed E-state index contributed by atoms with van der Waals surface area (Å²) in [5.74, 6) is 0.706. The molecule has 0 radical (unpaired) electrons. The van der Waals surface area contributed by atoms with Gasteiger partial charge in [-0.3, -0.25) is 18.6 Å². The molecule has 180 valence electrons. The molecule has 35 heavy (non-hydrogen) atoms. The number of nitrogens with zero attached hydrogens (tertiary/aromatic N) is 6. The van der Waals surface area contributed by atoms with E-state index in [1.165, 1.54) is 16.3 Å². The van der Waals surface area contributed by atoms with E-state index in [1.807, 2.05) is 36.6 Å². The van der Waals surface area contributed by atoms with E-state index in [9.17, 15) is 14.9 Å². The van der Waals surface area contributed by atoms with Crippen LogP contribution in [0.3, 0.4) is 0 Å². The molecular weight excluding hydrogens is 466 g/mol. The lowest BCUT2D eigenvalue weighted by Gasteiger charge is -2.16. The summed E-state index contributed by atoms with van der Waals surface area (Å²) in [4.78, 5) is 25.6. The van der Waals surface area contributed by atoms with Crippen molar-refractivity contribution < 1.29 is 9.53 Å². The smallest absolute Gasteiger partial charge is 0.262 e. The number of nitriles is 1. The predicted molar refractivity (Wildman–Crippen MR) is 133 cm³/mol. The van der Waals surface area contributed by atoms with Gasteiger partial charge in [0.25, 0.3) is 5.56 Å². The quantitative estimate of drug-likeness (QED) is 0.412. The van der Waals surface area contributed by atoms with Gasteiger partial charge in [0.2, 0.25) is 11.7 Å². The fourth-order valence-corrected chi connectivity index (χ4v) is 5.29. The third kappa shape index (κ3) is 3.98. The zero-order chi connectivity index (χ0) is 24.7. The molecule has 1 fully saturated rings. The lowest BCUT2D eigenvalue weighted by atomic mass is 10.2. The molecule has 0 saturated carbocycles. The van der Waals surface area contributed by atoms with Crippen molar-refractivity contribution in [3.8, 4) is 6.07 Å². The summed E-state index contributed by atoms with van der Waals surface area (Å²) in [5.41, 5.74) is 2.78. The Morgan fingerprint density at radius 3 is 2.86 bits per heavy atom. The average molecular weight is 492 g/mol. The van der Waals surface area contributed by atoms with Crippen LogP contribution in [0.5, 0.6) is 0 Å². The van der Waals surface area contributed by atoms with Crippen LogP contribution in [0.1, 0.15) is 29.7 Å². The number of nitrogens with one attached hydrogen (secondary N) is 1. The minimum atomic E-state index is -0.261. The first-order valence-electron chi connectivity index (χ1n) is 11.4. The molecule has 1 unspecified atom stereocenters. The molecule has 1 saturated heterocycles. The van der Waals surface area contributed by atoms with Gasteiger partial charge in [-0.2, -0.15) is 5.26 Å². The van der Waals surface area contributed by atoms with E-state index in [1.54, 1.807) is 17.5 Å². The number of rotatable bonds is 6. The monoisotopic (exact) mass is 491 g/mol. The molecule has 10 nitrogen and oxygen atoms in total. The number of carbonyl (C=O) groups excluding carboxylic acids is 1. The van der Waals surface area contributed by atoms with Gasteiger partial charge in [-0.05, 0) is 44.4 Å². The van der Waals surface area contributed by atoms with E-state index in [0.717, 1.165) is 30.7 Å². The van der Waals surface area contributed by atoms with E-state index >= 15 is 0 Å². The van der Waals surface area contributed by atoms with E-state index < -0.39 is 0 Å². The molecule has 4 heterocycles. The Hall–Kier alpha value is -3.62. The largest absolute Gasteiger partial charge is 0.376 e. The molecule has 1 aliphatic heterocycles. The second-order valence-electron chi connectivity index (χ2n) is 8.63. The number of benzene rings is 1. The van der Waals surface area contributed by atoms with E-state index in [4.69, 9.17) is 4.74 Å². The Bertz CT molecular complexity index is 1550. The average Bonchev–Trinajstić information content (AvgIpc) is 3.58. The zero-order valence-corrected chi connectivity index (χ0v) is 20.6. The first kappa shape index (κ1) is 23.1. The van der Waals surface area contributed by atoms with Crippen molar-refractivity contribution in [2.24, 2.45) is 7.05 Å². The van der Waals surface area contributed by atoms with Gasteiger partial charge in [-0.1, -0.05) is 23.9 Å². The second kappa shape index (κ2) is 9.20. The van der Waals surface area contributed by atoms with Crippen LogP contribution in [0.4, 0.5) is 5.82 Å². The topological polar surface area (TPSA) is 119 Å². The van der Waals surface area contributed by atoms with E-state index in [-0.39, 0.29) is 23.3 Å². The van der Waals surface area contributed by atoms with Crippen molar-refractivity contribution >= 4 is 40.2 Å². The first-order valence-corrected chi connectivity index (χ1v) is 12.4. The Morgan fingerprint density at radius 1 is 1.31 bits per heavy atom. The summed E-state index contributed by atoms with van der Waals surface area (Å²) in [7, 11) is 1.65. The molecule has 4 aromatic rings. The van der Waals surface area contributed by atoms with Crippen molar-refractivity contribution in [1.29, 1.82) is 5.26 Å². The molecule has 1 N–H and O–H groups in total. The van der Waals surface area contributed by atoms with Crippen LogP contribution in [0.15, 0.2) is 34.2 Å². The van der Waals surface area contributed by atoms with Crippen LogP contribution in [0, 0.1) is 25.2 Å². The Kier molecular flexibility index (Phi) is 6.08. The molecule has 3 aromatic heterocycles. The summed E-state index contributed by atoms with van der Waals surface area (Å²) in [6, 6.07) is 9.48. The fourth-order valence-electron chi connectivity index (χ4n) is 4.55. The number of fused-ring (bicyclic) bond motifs is 3. The fraction of sp³-hybridized carbons (Fsp3) is 0.375. The highest BCUT2D eigenvalue weighted by molar-refractivity contribution is 7.99. The number of anilines is 1. The SMILES string of the molecule is Cc1c(C#N)c(NC(=O)CSc2nnc3n(C)c(=O)c4ccccc4n23)n(CC2CCCO2)c1C. The van der Waals surface area contributed by atoms with Crippen LogP contribution >= 0.6 is 11.8 Å². The molecule has 1 aliphatic rings. The van der Waals surface area contributed by atoms with Crippen LogP contribution in [-0.4, -0.2) is 48.1 Å². The van der Waals surface area contributed by atoms with E-state index in [2.05, 4.69) is 21.6 Å². The molecular formula is C24H25N7O3S. The standard InChI is InChI=1S/C24H25N7O3S/c1-14-15(2)30(12-16-7-6-10-34-16)21(18(14)11-25)26-20(32)13-35-24-28-27-23-29(3)22(33)17-8-4-5-9-19(17)31(23)24/h4-5,8-9,16H,6-7,10,12-13H2,1-3H3,(H,26,32). The third-order valence-corrected chi connectivity index (χ3v) is 7.47. The predicted octanol–water partition coefficient (Wildman–Crippen LogP) is 2.78. The van der Waals surface area contributed by atoms with Gasteiger partial charge in [0.05, 0.1) is 34.9 Å². The maximum Gasteiger partial charge on any atom is 0.262 e. The highest BCUT2D eigenvalue weighted by atomic mass is 32.2. The maximum atomic E-state index is 13.0. The van der Waals surface area contributed by atoms with Gasteiger partial charge in [0.15, 0.2) is 5.16 Å². The van der Waals surface area contributed by atoms with Crippen molar-refractivity contribution in [2.75, 3.05) is 17.7 Å². The molecule has 1 amide bonds. The lowest BCUT2D eigenvalue weighted by Crippen LogP contribution is -2.22. The number of amides is 1. The molecule has 11 heteroatoms. The third-order valence-electron chi connectivity index (χ3n) is 6.54. The number of thioether (sulfide) groups is 1. The van der Waals surface area contributed by atoms with Crippen LogP contribution in [-0.2, 0) is 23.1 Å². The lowest BCUT2D eigenvalue weighted by molar-refractivity contribution is -0.113. The van der Waals surface area contributed by atoms with Gasteiger partial charge in [0, 0.05) is 19.3 Å². The molecule has 1 atom stereocenters. The molecule has 0 bridgehead atoms. The molecule has 1 aromatic carbocycles. The number of aromatic nitrogens is 5. The number of hydrogen-bond acceptors (Lipinski definition) is 7. The number of aryl methyl sites for hydroxylation is 1. The van der Waals surface area contributed by atoms with Crippen LogP contribution in [0.2, 0.25) is 0 Å². The summed E-state index contributed by atoms with van der Waals surface area (Å²) in [6.07, 6.45) is 2.04. The second-order valence-corrected chi connectivity index (χ2v) is 9.57. The van der Waals surface area contributed by atoms with Gasteiger partial charge in [-0.25, -0.2) is 0 Å². The maximum absolute atomic E-state index is 13.0. The highest BCUT2D eigenvalue weighted by Gasteiger charge is 2.24. The number of para-hydroxylation sites is 1. The Labute approximate surface area is 205 Å². The van der Waals surface area contributed by atoms with Crippen molar-refractivity contribution in [2.45, 2.75) is 44.5 Å². The van der Waals surface area contributed by atoms with Gasteiger partial charge >= 0.3 is 0 Å². The van der Waals surface area contributed by atoms with Crippen molar-refractivity contribution in [3.63, 3.8) is 0 Å². The Balaban J connectivity index is 1.41. The minimum Gasteiger partial charge on any atom is -0.376 e. The summed E-state index contributed by atoms with van der Waals surface area (Å²) in [5, 5.41) is 22.1. The van der Waals surface area contributed by atoms with Crippen LogP contribution < -0.4 is 10.9 Å². The van der Waals surface area contributed by atoms with Gasteiger partial charge in [0.1, 0.15) is 11.9 Å². The number of carbonyl (C=O) groups is 1. The van der Waals surface area contributed by atoms with Gasteiger partial charge in [-0.15, -0.1) is 10.2 Å². The normalized spacial score (nSPS) is 15.7. The van der Waals surface area contributed by atoms with Crippen molar-refractivity contribution in [3.05, 3.63) is 51.4 Å². The zero-order valence-electron chi connectivity index (χ0n) is 19.7. The molecule has 5 rings (SSSR count). The van der Waals surface area contributed by atoms with E-state index in [0.29, 0.717) is 39.8 Å². The summed E-state index contributed by atoms with van der Waals surface area (Å²) >= 11 is 1.22. The van der Waals surface area contributed by atoms with Crippen LogP contribution in [0.25, 0.3) is 16.7 Å². The van der Waals surface area contributed by atoms with Crippen molar-refractivity contribution in [1.82, 2.24) is 23.7 Å². The first-order chi connectivity index (χ1) is 16.9. The number of ether oxygens (including phenoxy) is 1. The highest BCUT2D eigenvalue weighted by Crippen LogP contribution is 2.29. The number of hydrogen-bond donors (Lipinski definition) is 1. The van der Waals surface area contributed by atoms with Gasteiger partial charge < -0.3 is 14.6 Å². The molecule has 0 aliphatic carbocycles. The summed E-state index contributed by atoms with van der Waals surface area (Å²) < 4.78 is 11.0.